The molecule has 0 aromatic heterocycles. The molecule has 0 aromatic rings. The minimum Gasteiger partial charge on any atom is -0.547 e. The van der Waals surface area contributed by atoms with Crippen LogP contribution in [0.15, 0.2) is 0 Å². The number of carboxylic acids is 2. The summed E-state index contributed by atoms with van der Waals surface area (Å²) in [5.74, 6) is -4.00. The molecular formula is C7H10K2O8. The molecule has 0 spiro atoms. The summed E-state index contributed by atoms with van der Waals surface area (Å²) in [6.45, 7) is -1.35. The zero-order valence-electron chi connectivity index (χ0n) is 9.53. The van der Waals surface area contributed by atoms with E-state index in [0.29, 0.717) is 0 Å². The molecule has 0 aliphatic heterocycles. The van der Waals surface area contributed by atoms with Crippen molar-refractivity contribution in [2.75, 3.05) is 13.2 Å². The Kier molecular flexibility index (Phi) is 18.5. The maximum atomic E-state index is 10.3. The smallest absolute Gasteiger partial charge is 0.547 e. The van der Waals surface area contributed by atoms with Crippen LogP contribution in [0.2, 0.25) is 0 Å². The van der Waals surface area contributed by atoms with Gasteiger partial charge in [0.25, 0.3) is 0 Å². The molecule has 0 rings (SSSR count). The number of aliphatic carboxylic acids is 2. The second-order valence-corrected chi connectivity index (χ2v) is 2.67. The number of aliphatic hydroxyl groups is 3. The quantitative estimate of drug-likeness (QED) is 0.392. The molecule has 17 heavy (non-hydrogen) atoms. The Morgan fingerprint density at radius 3 is 1.88 bits per heavy atom. The maximum absolute atomic E-state index is 10.3. The number of hydrogen-bond acceptors (Lipinski definition) is 8. The van der Waals surface area contributed by atoms with E-state index >= 15 is 0 Å². The molecule has 0 radical (unpaired) electrons. The van der Waals surface area contributed by atoms with E-state index in [1.54, 1.807) is 0 Å². The molecule has 0 amide bonds. The normalized spacial score (nSPS) is 14.8. The van der Waals surface area contributed by atoms with Gasteiger partial charge in [0, 0.05) is 0 Å². The molecule has 3 N–H and O–H groups in total. The Balaban J connectivity index is -0.000000980. The SMILES string of the molecule is O=C([O-])C(O)C(OCC(O)CO)C(=O)[O-].[K+].[K+]. The van der Waals surface area contributed by atoms with Gasteiger partial charge in [0.05, 0.1) is 25.2 Å². The van der Waals surface area contributed by atoms with Gasteiger partial charge in [-0.1, -0.05) is 0 Å². The Morgan fingerprint density at radius 1 is 1.12 bits per heavy atom. The molecule has 3 atom stereocenters. The zero-order chi connectivity index (χ0) is 12.0. The Hall–Kier alpha value is 2.05. The Labute approximate surface area is 182 Å². The zero-order valence-corrected chi connectivity index (χ0v) is 15.8. The van der Waals surface area contributed by atoms with Crippen LogP contribution in [-0.4, -0.2) is 58.8 Å². The van der Waals surface area contributed by atoms with Gasteiger partial charge in [-0.05, 0) is 0 Å². The average Bonchev–Trinajstić information content (AvgIpc) is 2.16. The molecule has 10 heteroatoms. The monoisotopic (exact) mass is 300 g/mol. The summed E-state index contributed by atoms with van der Waals surface area (Å²) in [6, 6.07) is 0. The number of aliphatic hydroxyl groups excluding tert-OH is 3. The van der Waals surface area contributed by atoms with Gasteiger partial charge in [0.1, 0.15) is 18.3 Å². The fraction of sp³-hybridized carbons (Fsp3) is 0.714. The number of carbonyl (C=O) groups is 2. The first-order valence-electron chi connectivity index (χ1n) is 3.90. The minimum absolute atomic E-state index is 0. The van der Waals surface area contributed by atoms with E-state index in [1.165, 1.54) is 0 Å². The molecule has 8 nitrogen and oxygen atoms in total. The maximum Gasteiger partial charge on any atom is 1.00 e. The second-order valence-electron chi connectivity index (χ2n) is 2.67. The largest absolute Gasteiger partial charge is 1.00 e. The van der Waals surface area contributed by atoms with E-state index in [4.69, 9.17) is 15.3 Å². The molecule has 0 bridgehead atoms. The fourth-order valence-corrected chi connectivity index (χ4v) is 0.679. The summed E-state index contributed by atoms with van der Waals surface area (Å²) < 4.78 is 4.34. The third-order valence-electron chi connectivity index (χ3n) is 1.44. The first-order chi connectivity index (χ1) is 6.90. The van der Waals surface area contributed by atoms with Crippen LogP contribution >= 0.6 is 0 Å². The van der Waals surface area contributed by atoms with E-state index in [9.17, 15) is 19.8 Å². The van der Waals surface area contributed by atoms with Crippen LogP contribution in [0, 0.1) is 0 Å². The molecule has 0 aliphatic rings. The van der Waals surface area contributed by atoms with Crippen LogP contribution in [0.25, 0.3) is 0 Å². The summed E-state index contributed by atoms with van der Waals surface area (Å²) in [5.41, 5.74) is 0. The van der Waals surface area contributed by atoms with Gasteiger partial charge >= 0.3 is 103 Å². The molecule has 0 saturated carbocycles. The molecule has 0 fully saturated rings. The number of carboxylic acid groups (broad SMARTS) is 2. The van der Waals surface area contributed by atoms with Crippen molar-refractivity contribution in [3.05, 3.63) is 0 Å². The fourth-order valence-electron chi connectivity index (χ4n) is 0.679. The van der Waals surface area contributed by atoms with Gasteiger partial charge in [-0.15, -0.1) is 0 Å². The van der Waals surface area contributed by atoms with Gasteiger partial charge in [-0.25, -0.2) is 0 Å². The topological polar surface area (TPSA) is 150 Å². The number of hydrogen-bond donors (Lipinski definition) is 3. The molecular weight excluding hydrogens is 290 g/mol. The standard InChI is InChI=1S/C7H12O8.2K/c8-1-3(9)2-15-5(7(13)14)4(10)6(11)12;;/h3-5,8-10H,1-2H2,(H,11,12)(H,13,14);;/q;2*+1/p-2. The van der Waals surface area contributed by atoms with Crippen LogP contribution in [-0.2, 0) is 14.3 Å². The van der Waals surface area contributed by atoms with E-state index in [-0.39, 0.29) is 103 Å². The van der Waals surface area contributed by atoms with Crippen LogP contribution in [0.3, 0.4) is 0 Å². The third-order valence-corrected chi connectivity index (χ3v) is 1.44. The summed E-state index contributed by atoms with van der Waals surface area (Å²) in [6.07, 6.45) is -5.93. The van der Waals surface area contributed by atoms with Crippen molar-refractivity contribution in [1.29, 1.82) is 0 Å². The first-order valence-corrected chi connectivity index (χ1v) is 3.90. The average molecular weight is 300 g/mol. The minimum atomic E-state index is -2.40. The second kappa shape index (κ2) is 13.1. The van der Waals surface area contributed by atoms with E-state index in [2.05, 4.69) is 4.74 Å². The van der Waals surface area contributed by atoms with Crippen LogP contribution < -0.4 is 113 Å². The van der Waals surface area contributed by atoms with Crippen molar-refractivity contribution in [3.63, 3.8) is 0 Å². The van der Waals surface area contributed by atoms with Crippen molar-refractivity contribution in [2.45, 2.75) is 18.3 Å². The predicted octanol–water partition coefficient (Wildman–Crippen LogP) is -11.4. The van der Waals surface area contributed by atoms with Gasteiger partial charge in [-0.3, -0.25) is 0 Å². The molecule has 88 valence electrons. The van der Waals surface area contributed by atoms with Crippen LogP contribution in [0.1, 0.15) is 0 Å². The van der Waals surface area contributed by atoms with Crippen molar-refractivity contribution in [3.8, 4) is 0 Å². The van der Waals surface area contributed by atoms with E-state index in [1.807, 2.05) is 0 Å². The molecule has 3 unspecified atom stereocenters. The van der Waals surface area contributed by atoms with E-state index in [0.717, 1.165) is 0 Å². The Morgan fingerprint density at radius 2 is 1.59 bits per heavy atom. The van der Waals surface area contributed by atoms with Gasteiger partial charge in [0.2, 0.25) is 0 Å². The summed E-state index contributed by atoms with van der Waals surface area (Å²) in [5, 5.41) is 46.3. The van der Waals surface area contributed by atoms with Crippen molar-refractivity contribution in [2.24, 2.45) is 0 Å². The van der Waals surface area contributed by atoms with Crippen molar-refractivity contribution in [1.82, 2.24) is 0 Å². The third kappa shape index (κ3) is 10.5. The first kappa shape index (κ1) is 24.1. The summed E-state index contributed by atoms with van der Waals surface area (Å²) in [7, 11) is 0. The van der Waals surface area contributed by atoms with Gasteiger partial charge < -0.3 is 39.9 Å². The van der Waals surface area contributed by atoms with Crippen molar-refractivity contribution >= 4 is 11.9 Å². The van der Waals surface area contributed by atoms with Crippen molar-refractivity contribution < 1.29 is 143 Å². The summed E-state index contributed by atoms with van der Waals surface area (Å²) >= 11 is 0. The Bertz CT molecular complexity index is 236. The number of carbonyl (C=O) groups excluding carboxylic acids is 2. The number of ether oxygens (including phenoxy) is 1. The molecule has 0 aliphatic carbocycles. The molecule has 0 aromatic carbocycles. The molecule has 0 saturated heterocycles. The van der Waals surface area contributed by atoms with Gasteiger partial charge in [0.15, 0.2) is 0 Å². The van der Waals surface area contributed by atoms with Gasteiger partial charge in [-0.2, -0.15) is 0 Å². The predicted molar refractivity (Wildman–Crippen MR) is 38.9 cm³/mol. The molecule has 0 heterocycles. The number of rotatable bonds is 7. The summed E-state index contributed by atoms with van der Waals surface area (Å²) in [4.78, 5) is 20.4. The van der Waals surface area contributed by atoms with Crippen LogP contribution in [0.5, 0.6) is 0 Å². The van der Waals surface area contributed by atoms with Crippen LogP contribution in [0.4, 0.5) is 0 Å². The van der Waals surface area contributed by atoms with E-state index < -0.39 is 43.5 Å².